The molecule has 2 N–H and O–H groups in total. The molecule has 0 bridgehead atoms. The van der Waals surface area contributed by atoms with Crippen LogP contribution in [-0.4, -0.2) is 39.5 Å². The molecular formula is C16H19N5O3S2. The molecule has 3 heterocycles. The lowest BCUT2D eigenvalue weighted by molar-refractivity contribution is 0.187. The zero-order chi connectivity index (χ0) is 18.5. The molecule has 8 nitrogen and oxygen atoms in total. The summed E-state index contributed by atoms with van der Waals surface area (Å²) in [6.45, 7) is 3.20. The molecular weight excluding hydrogens is 374 g/mol. The molecule has 0 fully saturated rings. The number of thiophene rings is 1. The summed E-state index contributed by atoms with van der Waals surface area (Å²) in [5, 5.41) is 5.13. The smallest absolute Gasteiger partial charge is 0.324 e. The number of amides is 2. The quantitative estimate of drug-likeness (QED) is 0.643. The number of nitrogens with one attached hydrogen (secondary N) is 2. The molecule has 0 aliphatic rings. The first-order valence-corrected chi connectivity index (χ1v) is 9.76. The van der Waals surface area contributed by atoms with Crippen molar-refractivity contribution in [1.82, 2.24) is 19.9 Å². The second-order valence-corrected chi connectivity index (χ2v) is 7.60. The van der Waals surface area contributed by atoms with Crippen LogP contribution in [0, 0.1) is 0 Å². The van der Waals surface area contributed by atoms with Crippen molar-refractivity contribution in [2.45, 2.75) is 26.5 Å². The van der Waals surface area contributed by atoms with Crippen LogP contribution in [0.15, 0.2) is 22.4 Å². The first-order valence-electron chi connectivity index (χ1n) is 8.06. The fourth-order valence-electron chi connectivity index (χ4n) is 2.44. The third kappa shape index (κ3) is 4.26. The second-order valence-electron chi connectivity index (χ2n) is 5.56. The van der Waals surface area contributed by atoms with Crippen molar-refractivity contribution < 1.29 is 9.53 Å². The van der Waals surface area contributed by atoms with Crippen molar-refractivity contribution in [3.63, 3.8) is 0 Å². The van der Waals surface area contributed by atoms with Crippen molar-refractivity contribution >= 4 is 44.1 Å². The summed E-state index contributed by atoms with van der Waals surface area (Å²) in [6, 6.07) is 1.52. The monoisotopic (exact) mass is 393 g/mol. The number of H-pyrrole nitrogens is 1. The summed E-state index contributed by atoms with van der Waals surface area (Å²) < 4.78 is 5.65. The van der Waals surface area contributed by atoms with Gasteiger partial charge in [-0.05, 0) is 17.9 Å². The number of ether oxygens (including phenoxy) is 1. The van der Waals surface area contributed by atoms with Crippen molar-refractivity contribution in [1.29, 1.82) is 0 Å². The van der Waals surface area contributed by atoms with E-state index in [-0.39, 0.29) is 18.1 Å². The molecule has 0 radical (unpaired) electrons. The van der Waals surface area contributed by atoms with Gasteiger partial charge in [0.25, 0.3) is 5.56 Å². The van der Waals surface area contributed by atoms with Crippen molar-refractivity contribution in [2.24, 2.45) is 0 Å². The lowest BCUT2D eigenvalue weighted by atomic mass is 10.4. The standard InChI is InChI=1S/C16H19N5O3S2/c1-3-5-21(16(23)20-15-17-7-10(26-15)9-24-2)8-12-18-11-4-6-25-13(11)14(22)19-12/h4,6-7H,3,5,8-9H2,1-2H3,(H,17,20,23)(H,18,19,22). The number of rotatable bonds is 7. The molecule has 0 spiro atoms. The van der Waals surface area contributed by atoms with E-state index in [1.165, 1.54) is 22.7 Å². The Labute approximate surface area is 157 Å². The normalized spacial score (nSPS) is 11.0. The topological polar surface area (TPSA) is 100 Å². The maximum absolute atomic E-state index is 12.6. The highest BCUT2D eigenvalue weighted by Crippen LogP contribution is 2.19. The van der Waals surface area contributed by atoms with Crippen LogP contribution in [0.5, 0.6) is 0 Å². The predicted molar refractivity (Wildman–Crippen MR) is 103 cm³/mol. The molecule has 10 heteroatoms. The van der Waals surface area contributed by atoms with E-state index in [2.05, 4.69) is 20.3 Å². The van der Waals surface area contributed by atoms with Crippen molar-refractivity contribution in [2.75, 3.05) is 19.0 Å². The fourth-order valence-corrected chi connectivity index (χ4v) is 3.94. The molecule has 3 aromatic rings. The third-order valence-corrected chi connectivity index (χ3v) is 5.33. The minimum atomic E-state index is -0.279. The van der Waals surface area contributed by atoms with E-state index in [4.69, 9.17) is 4.74 Å². The highest BCUT2D eigenvalue weighted by atomic mass is 32.1. The van der Waals surface area contributed by atoms with Crippen LogP contribution in [0.25, 0.3) is 10.2 Å². The van der Waals surface area contributed by atoms with E-state index in [1.807, 2.05) is 12.3 Å². The minimum absolute atomic E-state index is 0.180. The SMILES string of the molecule is CCCN(Cc1nc2ccsc2c(=O)[nH]1)C(=O)Nc1ncc(COC)s1. The fraction of sp³-hybridized carbons (Fsp3) is 0.375. The van der Waals surface area contributed by atoms with Crippen molar-refractivity contribution in [3.8, 4) is 0 Å². The van der Waals surface area contributed by atoms with Gasteiger partial charge >= 0.3 is 6.03 Å². The largest absolute Gasteiger partial charge is 0.379 e. The van der Waals surface area contributed by atoms with Gasteiger partial charge in [0.1, 0.15) is 10.5 Å². The van der Waals surface area contributed by atoms with Crippen LogP contribution in [0.3, 0.4) is 0 Å². The first kappa shape index (κ1) is 18.5. The Kier molecular flexibility index (Phi) is 5.96. The van der Waals surface area contributed by atoms with E-state index in [0.717, 1.165) is 11.3 Å². The van der Waals surface area contributed by atoms with E-state index < -0.39 is 0 Å². The maximum Gasteiger partial charge on any atom is 0.324 e. The van der Waals surface area contributed by atoms with Crippen LogP contribution in [0.1, 0.15) is 24.0 Å². The number of hydrogen-bond acceptors (Lipinski definition) is 7. The molecule has 0 saturated heterocycles. The van der Waals surface area contributed by atoms with Crippen LogP contribution in [-0.2, 0) is 17.9 Å². The molecule has 2 amide bonds. The number of methoxy groups -OCH3 is 1. The number of carbonyl (C=O) groups excluding carboxylic acids is 1. The van der Waals surface area contributed by atoms with Gasteiger partial charge in [0, 0.05) is 19.9 Å². The van der Waals surface area contributed by atoms with Gasteiger partial charge < -0.3 is 14.6 Å². The highest BCUT2D eigenvalue weighted by Gasteiger charge is 2.17. The number of aromatic nitrogens is 3. The number of carbonyl (C=O) groups is 1. The first-order chi connectivity index (χ1) is 12.6. The van der Waals surface area contributed by atoms with Gasteiger partial charge in [-0.1, -0.05) is 18.3 Å². The number of urea groups is 1. The average Bonchev–Trinajstić information content (AvgIpc) is 3.24. The number of hydrogen-bond donors (Lipinski definition) is 2. The number of thiazole rings is 1. The Morgan fingerprint density at radius 1 is 1.46 bits per heavy atom. The van der Waals surface area contributed by atoms with Crippen LogP contribution in [0.4, 0.5) is 9.93 Å². The lowest BCUT2D eigenvalue weighted by Crippen LogP contribution is -2.36. The summed E-state index contributed by atoms with van der Waals surface area (Å²) >= 11 is 2.72. The molecule has 0 unspecified atom stereocenters. The molecule has 0 saturated carbocycles. The Balaban J connectivity index is 1.74. The summed E-state index contributed by atoms with van der Waals surface area (Å²) in [4.78, 5) is 38.6. The minimum Gasteiger partial charge on any atom is -0.379 e. The Hall–Kier alpha value is -2.30. The number of anilines is 1. The van der Waals surface area contributed by atoms with E-state index in [9.17, 15) is 9.59 Å². The average molecular weight is 393 g/mol. The van der Waals surface area contributed by atoms with Gasteiger partial charge in [0.15, 0.2) is 5.13 Å². The zero-order valence-electron chi connectivity index (χ0n) is 14.4. The van der Waals surface area contributed by atoms with Crippen LogP contribution < -0.4 is 10.9 Å². The molecule has 0 atom stereocenters. The van der Waals surface area contributed by atoms with Gasteiger partial charge in [-0.15, -0.1) is 11.3 Å². The Bertz CT molecular complexity index is 949. The van der Waals surface area contributed by atoms with Crippen LogP contribution >= 0.6 is 22.7 Å². The molecule has 0 aliphatic carbocycles. The van der Waals surface area contributed by atoms with E-state index >= 15 is 0 Å². The molecule has 3 rings (SSSR count). The Morgan fingerprint density at radius 3 is 3.08 bits per heavy atom. The zero-order valence-corrected chi connectivity index (χ0v) is 16.1. The van der Waals surface area contributed by atoms with Gasteiger partial charge in [-0.2, -0.15) is 0 Å². The molecule has 3 aromatic heterocycles. The van der Waals surface area contributed by atoms with Gasteiger partial charge in [-0.3, -0.25) is 10.1 Å². The highest BCUT2D eigenvalue weighted by molar-refractivity contribution is 7.17. The van der Waals surface area contributed by atoms with Crippen LogP contribution in [0.2, 0.25) is 0 Å². The summed E-state index contributed by atoms with van der Waals surface area (Å²) in [5.41, 5.74) is 0.468. The molecule has 138 valence electrons. The van der Waals surface area contributed by atoms with Gasteiger partial charge in [-0.25, -0.2) is 14.8 Å². The molecule has 0 aliphatic heterocycles. The van der Waals surface area contributed by atoms with E-state index in [0.29, 0.717) is 34.3 Å². The maximum atomic E-state index is 12.6. The number of nitrogens with zero attached hydrogens (tertiary/aromatic N) is 3. The Morgan fingerprint density at radius 2 is 2.31 bits per heavy atom. The molecule has 0 aromatic carbocycles. The summed E-state index contributed by atoms with van der Waals surface area (Å²) in [5.74, 6) is 0.462. The second kappa shape index (κ2) is 8.39. The summed E-state index contributed by atoms with van der Waals surface area (Å²) in [6.07, 6.45) is 2.46. The van der Waals surface area contributed by atoms with Gasteiger partial charge in [0.2, 0.25) is 0 Å². The number of aromatic amines is 1. The molecule has 26 heavy (non-hydrogen) atoms. The van der Waals surface area contributed by atoms with Gasteiger partial charge in [0.05, 0.1) is 23.5 Å². The third-order valence-electron chi connectivity index (χ3n) is 3.54. The van der Waals surface area contributed by atoms with E-state index in [1.54, 1.807) is 24.3 Å². The predicted octanol–water partition coefficient (Wildman–Crippen LogP) is 3.03. The van der Waals surface area contributed by atoms with Crippen molar-refractivity contribution in [3.05, 3.63) is 38.7 Å². The summed E-state index contributed by atoms with van der Waals surface area (Å²) in [7, 11) is 1.61. The number of fused-ring (bicyclic) bond motifs is 1. The lowest BCUT2D eigenvalue weighted by Gasteiger charge is -2.21.